The third-order valence-electron chi connectivity index (χ3n) is 2.28. The summed E-state index contributed by atoms with van der Waals surface area (Å²) in [7, 11) is 8.16. The lowest BCUT2D eigenvalue weighted by molar-refractivity contribution is 0.322. The fourth-order valence-electron chi connectivity index (χ4n) is 1.85. The second-order valence-corrected chi connectivity index (χ2v) is 4.80. The van der Waals surface area contributed by atoms with Gasteiger partial charge in [-0.15, -0.1) is 0 Å². The average Bonchev–Trinajstić information content (AvgIpc) is 2.14. The van der Waals surface area contributed by atoms with Crippen LogP contribution in [0.2, 0.25) is 0 Å². The highest BCUT2D eigenvalue weighted by molar-refractivity contribution is 5.79. The molecule has 0 atom stereocenters. The van der Waals surface area contributed by atoms with E-state index in [2.05, 4.69) is 21.0 Å². The van der Waals surface area contributed by atoms with Gasteiger partial charge in [-0.25, -0.2) is 0 Å². The first-order chi connectivity index (χ1) is 8.01. The second-order valence-electron chi connectivity index (χ2n) is 4.80. The van der Waals surface area contributed by atoms with E-state index in [1.807, 2.05) is 40.3 Å². The molecule has 0 aliphatic rings. The first-order valence-electron chi connectivity index (χ1n) is 5.61. The van der Waals surface area contributed by atoms with Gasteiger partial charge in [-0.1, -0.05) is 11.2 Å². The molecule has 0 amide bonds. The van der Waals surface area contributed by atoms with Gasteiger partial charge in [-0.2, -0.15) is 0 Å². The Morgan fingerprint density at radius 1 is 1.00 bits per heavy atom. The molecule has 0 bridgehead atoms. The van der Waals surface area contributed by atoms with Gasteiger partial charge in [0.15, 0.2) is 0 Å². The van der Waals surface area contributed by atoms with Crippen molar-refractivity contribution in [3.63, 3.8) is 0 Å². The molecule has 0 aliphatic heterocycles. The number of rotatable bonds is 5. The number of hydrogen-bond donors (Lipinski definition) is 1. The molecule has 0 saturated carbocycles. The van der Waals surface area contributed by atoms with Gasteiger partial charge in [0.05, 0.1) is 6.21 Å². The Bertz CT molecular complexity index is 358. The summed E-state index contributed by atoms with van der Waals surface area (Å²) in [5, 5.41) is 11.7. The predicted octanol–water partition coefficient (Wildman–Crippen LogP) is 1.62. The molecule has 1 aromatic rings. The number of hydrogen-bond acceptors (Lipinski definition) is 4. The Morgan fingerprint density at radius 3 is 1.82 bits per heavy atom. The summed E-state index contributed by atoms with van der Waals surface area (Å²) >= 11 is 0. The summed E-state index contributed by atoms with van der Waals surface area (Å²) in [5.41, 5.74) is 3.39. The maximum Gasteiger partial charge on any atom is 0.0734 e. The van der Waals surface area contributed by atoms with E-state index >= 15 is 0 Å². The van der Waals surface area contributed by atoms with Gasteiger partial charge in [0.1, 0.15) is 0 Å². The van der Waals surface area contributed by atoms with Crippen molar-refractivity contribution in [1.29, 1.82) is 0 Å². The van der Waals surface area contributed by atoms with Crippen molar-refractivity contribution in [1.82, 2.24) is 9.80 Å². The third kappa shape index (κ3) is 4.97. The summed E-state index contributed by atoms with van der Waals surface area (Å²) in [6.45, 7) is 1.76. The van der Waals surface area contributed by atoms with Gasteiger partial charge in [0.25, 0.3) is 0 Å². The molecule has 0 unspecified atom stereocenters. The van der Waals surface area contributed by atoms with Crippen LogP contribution < -0.4 is 0 Å². The molecule has 17 heavy (non-hydrogen) atoms. The van der Waals surface area contributed by atoms with Gasteiger partial charge in [0.2, 0.25) is 0 Å². The molecule has 1 N–H and O–H groups in total. The molecule has 0 aromatic heterocycles. The lowest BCUT2D eigenvalue weighted by Gasteiger charge is -2.14. The summed E-state index contributed by atoms with van der Waals surface area (Å²) in [6, 6.07) is 6.27. The Kier molecular flexibility index (Phi) is 5.12. The maximum atomic E-state index is 8.61. The van der Waals surface area contributed by atoms with Gasteiger partial charge >= 0.3 is 0 Å². The average molecular weight is 235 g/mol. The smallest absolute Gasteiger partial charge is 0.0734 e. The molecule has 4 heteroatoms. The van der Waals surface area contributed by atoms with Gasteiger partial charge in [-0.3, -0.25) is 0 Å². The standard InChI is InChI=1S/C13H21N3O/c1-15(2)9-12-5-11(8-14-17)6-13(7-12)10-16(3)4/h5-8,17H,9-10H2,1-4H3/b14-8+. The maximum absolute atomic E-state index is 8.61. The highest BCUT2D eigenvalue weighted by Gasteiger charge is 2.02. The molecular weight excluding hydrogens is 214 g/mol. The largest absolute Gasteiger partial charge is 0.411 e. The van der Waals surface area contributed by atoms with Crippen molar-refractivity contribution in [3.05, 3.63) is 34.9 Å². The van der Waals surface area contributed by atoms with Crippen molar-refractivity contribution in [2.75, 3.05) is 28.2 Å². The van der Waals surface area contributed by atoms with Crippen molar-refractivity contribution in [3.8, 4) is 0 Å². The molecule has 1 aromatic carbocycles. The highest BCUT2D eigenvalue weighted by Crippen LogP contribution is 2.12. The summed E-state index contributed by atoms with van der Waals surface area (Å²) in [4.78, 5) is 4.24. The molecule has 0 heterocycles. The van der Waals surface area contributed by atoms with E-state index in [4.69, 9.17) is 5.21 Å². The van der Waals surface area contributed by atoms with Crippen molar-refractivity contribution in [2.24, 2.45) is 5.16 Å². The third-order valence-corrected chi connectivity index (χ3v) is 2.28. The number of nitrogens with zero attached hydrogens (tertiary/aromatic N) is 3. The SMILES string of the molecule is CN(C)Cc1cc(/C=N/O)cc(CN(C)C)c1. The second kappa shape index (κ2) is 6.37. The van der Waals surface area contributed by atoms with Gasteiger partial charge in [0, 0.05) is 13.1 Å². The minimum Gasteiger partial charge on any atom is -0.411 e. The van der Waals surface area contributed by atoms with E-state index in [-0.39, 0.29) is 0 Å². The van der Waals surface area contributed by atoms with Crippen LogP contribution in [-0.2, 0) is 13.1 Å². The topological polar surface area (TPSA) is 39.1 Å². The highest BCUT2D eigenvalue weighted by atomic mass is 16.4. The molecule has 0 aliphatic carbocycles. The van der Waals surface area contributed by atoms with E-state index < -0.39 is 0 Å². The fourth-order valence-corrected chi connectivity index (χ4v) is 1.85. The molecule has 4 nitrogen and oxygen atoms in total. The van der Waals surface area contributed by atoms with Crippen LogP contribution in [0.4, 0.5) is 0 Å². The molecule has 94 valence electrons. The monoisotopic (exact) mass is 235 g/mol. The van der Waals surface area contributed by atoms with E-state index in [9.17, 15) is 0 Å². The van der Waals surface area contributed by atoms with Crippen LogP contribution in [0.15, 0.2) is 23.4 Å². The minimum absolute atomic E-state index is 0.882. The van der Waals surface area contributed by atoms with Crippen LogP contribution in [0.3, 0.4) is 0 Å². The summed E-state index contributed by atoms with van der Waals surface area (Å²) < 4.78 is 0. The van der Waals surface area contributed by atoms with Gasteiger partial charge in [-0.05, 0) is 57.0 Å². The Balaban J connectivity index is 3.00. The van der Waals surface area contributed by atoms with Crippen LogP contribution in [0.1, 0.15) is 16.7 Å². The number of oxime groups is 1. The first-order valence-corrected chi connectivity index (χ1v) is 5.61. The predicted molar refractivity (Wildman–Crippen MR) is 70.6 cm³/mol. The minimum atomic E-state index is 0.882. The quantitative estimate of drug-likeness (QED) is 0.479. The van der Waals surface area contributed by atoms with E-state index in [1.165, 1.54) is 17.3 Å². The zero-order valence-electron chi connectivity index (χ0n) is 11.0. The molecular formula is C13H21N3O. The number of benzene rings is 1. The zero-order chi connectivity index (χ0) is 12.8. The first kappa shape index (κ1) is 13.7. The van der Waals surface area contributed by atoms with Crippen molar-refractivity contribution >= 4 is 6.21 Å². The van der Waals surface area contributed by atoms with E-state index in [1.54, 1.807) is 0 Å². The van der Waals surface area contributed by atoms with E-state index in [0.717, 1.165) is 18.7 Å². The van der Waals surface area contributed by atoms with Crippen molar-refractivity contribution in [2.45, 2.75) is 13.1 Å². The van der Waals surface area contributed by atoms with E-state index in [0.29, 0.717) is 0 Å². The summed E-state index contributed by atoms with van der Waals surface area (Å²) in [5.74, 6) is 0. The zero-order valence-corrected chi connectivity index (χ0v) is 11.0. The normalized spacial score (nSPS) is 11.9. The fraction of sp³-hybridized carbons (Fsp3) is 0.462. The molecule has 1 rings (SSSR count). The van der Waals surface area contributed by atoms with Crippen LogP contribution in [0, 0.1) is 0 Å². The lowest BCUT2D eigenvalue weighted by atomic mass is 10.1. The van der Waals surface area contributed by atoms with Crippen LogP contribution in [-0.4, -0.2) is 49.4 Å². The van der Waals surface area contributed by atoms with Crippen LogP contribution in [0.25, 0.3) is 0 Å². The van der Waals surface area contributed by atoms with Crippen LogP contribution >= 0.6 is 0 Å². The summed E-state index contributed by atoms with van der Waals surface area (Å²) in [6.07, 6.45) is 1.47. The Labute approximate surface area is 103 Å². The van der Waals surface area contributed by atoms with Crippen LogP contribution in [0.5, 0.6) is 0 Å². The Hall–Kier alpha value is -1.39. The Morgan fingerprint density at radius 2 is 1.47 bits per heavy atom. The lowest BCUT2D eigenvalue weighted by Crippen LogP contribution is -2.13. The molecule has 0 radical (unpaired) electrons. The van der Waals surface area contributed by atoms with Crippen molar-refractivity contribution < 1.29 is 5.21 Å². The molecule has 0 saturated heterocycles. The van der Waals surface area contributed by atoms with Gasteiger partial charge < -0.3 is 15.0 Å². The molecule has 0 fully saturated rings. The molecule has 0 spiro atoms.